The highest BCUT2D eigenvalue weighted by atomic mass is 35.5. The van der Waals surface area contributed by atoms with Gasteiger partial charge >= 0.3 is 0 Å². The highest BCUT2D eigenvalue weighted by Crippen LogP contribution is 2.31. The lowest BCUT2D eigenvalue weighted by molar-refractivity contribution is 0.473. The fraction of sp³-hybridized carbons (Fsp3) is 0.533. The number of hydrogen-bond acceptors (Lipinski definition) is 3. The van der Waals surface area contributed by atoms with Gasteiger partial charge in [-0.25, -0.2) is 4.98 Å². The van der Waals surface area contributed by atoms with E-state index in [0.717, 1.165) is 32.8 Å². The van der Waals surface area contributed by atoms with Crippen LogP contribution in [0.25, 0.3) is 10.2 Å². The number of unbranched alkanes of at least 4 members (excludes halogenated alkanes) is 1. The van der Waals surface area contributed by atoms with Gasteiger partial charge in [-0.1, -0.05) is 62.1 Å². The molecule has 2 aromatic rings. The molecule has 2 rings (SSSR count). The van der Waals surface area contributed by atoms with Crippen molar-refractivity contribution < 1.29 is 0 Å². The first-order chi connectivity index (χ1) is 9.24. The molecule has 0 radical (unpaired) electrons. The van der Waals surface area contributed by atoms with E-state index in [1.807, 2.05) is 18.2 Å². The van der Waals surface area contributed by atoms with Gasteiger partial charge in [0.2, 0.25) is 0 Å². The number of thiazole rings is 1. The maximum absolute atomic E-state index is 6.17. The Kier molecular flexibility index (Phi) is 5.46. The smallest absolute Gasteiger partial charge is 0.183 e. The second kappa shape index (κ2) is 7.11. The third kappa shape index (κ3) is 3.83. The topological polar surface area (TPSA) is 24.9 Å². The molecule has 0 fully saturated rings. The van der Waals surface area contributed by atoms with Gasteiger partial charge in [0.1, 0.15) is 0 Å². The summed E-state index contributed by atoms with van der Waals surface area (Å²) in [6, 6.07) is 5.88. The number of benzene rings is 1. The maximum atomic E-state index is 6.17. The fourth-order valence-corrected chi connectivity index (χ4v) is 3.33. The summed E-state index contributed by atoms with van der Waals surface area (Å²) in [6.45, 7) is 5.51. The average molecular weight is 297 g/mol. The molecular formula is C15H21ClN2S. The first kappa shape index (κ1) is 14.6. The zero-order chi connectivity index (χ0) is 13.7. The van der Waals surface area contributed by atoms with Crippen LogP contribution in [0.5, 0.6) is 0 Å². The number of aromatic nitrogens is 1. The summed E-state index contributed by atoms with van der Waals surface area (Å²) in [7, 11) is 0. The SMILES string of the molecule is CCCCC(CC)CNc1nc2cccc(Cl)c2s1. The van der Waals surface area contributed by atoms with Gasteiger partial charge in [-0.2, -0.15) is 0 Å². The van der Waals surface area contributed by atoms with Crippen molar-refractivity contribution in [2.24, 2.45) is 5.92 Å². The van der Waals surface area contributed by atoms with Crippen molar-refractivity contribution >= 4 is 38.3 Å². The normalized spacial score (nSPS) is 12.8. The van der Waals surface area contributed by atoms with Crippen LogP contribution in [-0.4, -0.2) is 11.5 Å². The monoisotopic (exact) mass is 296 g/mol. The quantitative estimate of drug-likeness (QED) is 0.721. The Morgan fingerprint density at radius 3 is 2.89 bits per heavy atom. The third-order valence-electron chi connectivity index (χ3n) is 3.45. The molecule has 0 spiro atoms. The summed E-state index contributed by atoms with van der Waals surface area (Å²) in [5.74, 6) is 0.738. The number of rotatable bonds is 7. The molecule has 1 N–H and O–H groups in total. The van der Waals surface area contributed by atoms with Gasteiger partial charge in [0.25, 0.3) is 0 Å². The zero-order valence-electron chi connectivity index (χ0n) is 11.6. The fourth-order valence-electron chi connectivity index (χ4n) is 2.17. The van der Waals surface area contributed by atoms with E-state index in [-0.39, 0.29) is 0 Å². The van der Waals surface area contributed by atoms with Crippen molar-refractivity contribution in [2.75, 3.05) is 11.9 Å². The van der Waals surface area contributed by atoms with Gasteiger partial charge in [-0.15, -0.1) is 0 Å². The Bertz CT molecular complexity index is 524. The molecule has 0 saturated heterocycles. The van der Waals surface area contributed by atoms with Crippen molar-refractivity contribution in [1.29, 1.82) is 0 Å². The van der Waals surface area contributed by atoms with Crippen molar-refractivity contribution in [3.05, 3.63) is 23.2 Å². The highest BCUT2D eigenvalue weighted by molar-refractivity contribution is 7.22. The van der Waals surface area contributed by atoms with Gasteiger partial charge in [0.05, 0.1) is 15.2 Å². The Morgan fingerprint density at radius 1 is 1.37 bits per heavy atom. The van der Waals surface area contributed by atoms with Crippen molar-refractivity contribution in [3.63, 3.8) is 0 Å². The summed E-state index contributed by atoms with van der Waals surface area (Å²) in [6.07, 6.45) is 5.10. The van der Waals surface area contributed by atoms with Gasteiger partial charge in [-0.05, 0) is 24.5 Å². The van der Waals surface area contributed by atoms with Gasteiger partial charge in [0.15, 0.2) is 5.13 Å². The molecular weight excluding hydrogens is 276 g/mol. The minimum absolute atomic E-state index is 0.738. The molecule has 2 nitrogen and oxygen atoms in total. The van der Waals surface area contributed by atoms with Crippen molar-refractivity contribution in [1.82, 2.24) is 4.98 Å². The summed E-state index contributed by atoms with van der Waals surface area (Å²) >= 11 is 7.82. The van der Waals surface area contributed by atoms with Crippen LogP contribution in [0.1, 0.15) is 39.5 Å². The van der Waals surface area contributed by atoms with E-state index >= 15 is 0 Å². The molecule has 1 aromatic carbocycles. The summed E-state index contributed by atoms with van der Waals surface area (Å²) in [4.78, 5) is 4.58. The van der Waals surface area contributed by atoms with E-state index in [2.05, 4.69) is 24.1 Å². The van der Waals surface area contributed by atoms with E-state index in [1.54, 1.807) is 11.3 Å². The molecule has 1 aromatic heterocycles. The molecule has 0 amide bonds. The molecule has 0 aliphatic heterocycles. The van der Waals surface area contributed by atoms with Gasteiger partial charge in [-0.3, -0.25) is 0 Å². The Balaban J connectivity index is 1.99. The van der Waals surface area contributed by atoms with Crippen LogP contribution < -0.4 is 5.32 Å². The minimum atomic E-state index is 0.738. The standard InChI is InChI=1S/C15H21ClN2S/c1-3-5-7-11(4-2)10-17-15-18-13-9-6-8-12(16)14(13)19-15/h6,8-9,11H,3-5,7,10H2,1-2H3,(H,17,18). The first-order valence-corrected chi connectivity index (χ1v) is 8.23. The number of fused-ring (bicyclic) bond motifs is 1. The molecule has 1 atom stereocenters. The Morgan fingerprint density at radius 2 is 2.21 bits per heavy atom. The predicted octanol–water partition coefficient (Wildman–Crippen LogP) is 5.58. The lowest BCUT2D eigenvalue weighted by Gasteiger charge is -2.14. The lowest BCUT2D eigenvalue weighted by atomic mass is 10.00. The number of hydrogen-bond donors (Lipinski definition) is 1. The van der Waals surface area contributed by atoms with Crippen LogP contribution in [0.4, 0.5) is 5.13 Å². The van der Waals surface area contributed by atoms with Crippen LogP contribution in [0.15, 0.2) is 18.2 Å². The van der Waals surface area contributed by atoms with Crippen molar-refractivity contribution in [3.8, 4) is 0 Å². The van der Waals surface area contributed by atoms with Crippen molar-refractivity contribution in [2.45, 2.75) is 39.5 Å². The van der Waals surface area contributed by atoms with E-state index in [9.17, 15) is 0 Å². The average Bonchev–Trinajstić information content (AvgIpc) is 2.83. The Labute approximate surface area is 124 Å². The third-order valence-corrected chi connectivity index (χ3v) is 4.94. The van der Waals surface area contributed by atoms with Gasteiger partial charge < -0.3 is 5.32 Å². The maximum Gasteiger partial charge on any atom is 0.183 e. The largest absolute Gasteiger partial charge is 0.361 e. The van der Waals surface area contributed by atoms with E-state index in [1.165, 1.54) is 25.7 Å². The summed E-state index contributed by atoms with van der Waals surface area (Å²) in [5, 5.41) is 5.25. The summed E-state index contributed by atoms with van der Waals surface area (Å²) in [5.41, 5.74) is 0.988. The highest BCUT2D eigenvalue weighted by Gasteiger charge is 2.09. The molecule has 0 aliphatic rings. The zero-order valence-corrected chi connectivity index (χ0v) is 13.2. The second-order valence-corrected chi connectivity index (χ2v) is 6.31. The summed E-state index contributed by atoms with van der Waals surface area (Å²) < 4.78 is 1.08. The van der Waals surface area contributed by atoms with E-state index < -0.39 is 0 Å². The molecule has 0 saturated carbocycles. The van der Waals surface area contributed by atoms with Crippen LogP contribution in [-0.2, 0) is 0 Å². The van der Waals surface area contributed by atoms with Crippen LogP contribution in [0.2, 0.25) is 5.02 Å². The lowest BCUT2D eigenvalue weighted by Crippen LogP contribution is -2.13. The first-order valence-electron chi connectivity index (χ1n) is 7.03. The molecule has 1 unspecified atom stereocenters. The number of nitrogens with one attached hydrogen (secondary N) is 1. The molecule has 4 heteroatoms. The molecule has 0 aliphatic carbocycles. The molecule has 0 bridgehead atoms. The second-order valence-electron chi connectivity index (χ2n) is 4.90. The predicted molar refractivity (Wildman–Crippen MR) is 86.4 cm³/mol. The number of nitrogens with zero attached hydrogens (tertiary/aromatic N) is 1. The molecule has 1 heterocycles. The van der Waals surface area contributed by atoms with Crippen LogP contribution in [0.3, 0.4) is 0 Å². The van der Waals surface area contributed by atoms with E-state index in [4.69, 9.17) is 11.6 Å². The molecule has 19 heavy (non-hydrogen) atoms. The van der Waals surface area contributed by atoms with E-state index in [0.29, 0.717) is 0 Å². The Hall–Kier alpha value is -0.800. The molecule has 104 valence electrons. The number of anilines is 1. The van der Waals surface area contributed by atoms with Gasteiger partial charge in [0, 0.05) is 6.54 Å². The van der Waals surface area contributed by atoms with Crippen LogP contribution >= 0.6 is 22.9 Å². The number of halogens is 1. The van der Waals surface area contributed by atoms with Crippen LogP contribution in [0, 0.1) is 5.92 Å². The minimum Gasteiger partial charge on any atom is -0.361 e.